The van der Waals surface area contributed by atoms with Gasteiger partial charge in [-0.1, -0.05) is 42.8 Å². The third-order valence-electron chi connectivity index (χ3n) is 4.76. The van der Waals surface area contributed by atoms with E-state index in [1.54, 1.807) is 0 Å². The lowest BCUT2D eigenvalue weighted by Gasteiger charge is -2.14. The number of aromatic hydroxyl groups is 1. The maximum atomic E-state index is 12.3. The molecule has 0 aliphatic carbocycles. The molecule has 1 atom stereocenters. The van der Waals surface area contributed by atoms with E-state index in [1.165, 1.54) is 17.4 Å². The van der Waals surface area contributed by atoms with Crippen molar-refractivity contribution in [2.24, 2.45) is 5.73 Å². The normalized spacial score (nSPS) is 12.3. The van der Waals surface area contributed by atoms with E-state index in [-0.39, 0.29) is 29.6 Å². The molecular formula is C20H18Cl2N2O2S. The Hall–Kier alpha value is -2.05. The summed E-state index contributed by atoms with van der Waals surface area (Å²) < 4.78 is 0.619. The largest absolute Gasteiger partial charge is 0.507 e. The van der Waals surface area contributed by atoms with Crippen LogP contribution in [0.1, 0.15) is 18.4 Å². The number of nitrogens with one attached hydrogen (secondary N) is 1. The second-order valence-corrected chi connectivity index (χ2v) is 7.70. The van der Waals surface area contributed by atoms with Crippen LogP contribution in [0.25, 0.3) is 32.1 Å². The Kier molecular flexibility index (Phi) is 5.49. The van der Waals surface area contributed by atoms with Crippen molar-refractivity contribution in [2.45, 2.75) is 12.8 Å². The molecule has 4 rings (SSSR count). The van der Waals surface area contributed by atoms with Gasteiger partial charge in [0, 0.05) is 22.4 Å². The van der Waals surface area contributed by atoms with Gasteiger partial charge in [-0.05, 0) is 35.0 Å². The highest BCUT2D eigenvalue weighted by molar-refractivity contribution is 7.17. The molecule has 7 heteroatoms. The second kappa shape index (κ2) is 7.52. The Morgan fingerprint density at radius 3 is 2.63 bits per heavy atom. The molecule has 4 nitrogen and oxygen atoms in total. The first kappa shape index (κ1) is 19.7. The first-order valence-corrected chi connectivity index (χ1v) is 9.52. The van der Waals surface area contributed by atoms with Gasteiger partial charge in [0.15, 0.2) is 0 Å². The summed E-state index contributed by atoms with van der Waals surface area (Å²) in [6.07, 6.45) is 0. The number of aromatic amines is 1. The maximum Gasteiger partial charge on any atom is 0.266 e. The van der Waals surface area contributed by atoms with Crippen molar-refractivity contribution < 1.29 is 5.11 Å². The molecule has 140 valence electrons. The Morgan fingerprint density at radius 1 is 1.26 bits per heavy atom. The second-order valence-electron chi connectivity index (χ2n) is 6.38. The fourth-order valence-electron chi connectivity index (χ4n) is 3.29. The van der Waals surface area contributed by atoms with Crippen LogP contribution in [-0.4, -0.2) is 16.6 Å². The van der Waals surface area contributed by atoms with E-state index in [4.69, 9.17) is 17.3 Å². The number of benzene rings is 2. The first-order chi connectivity index (χ1) is 12.5. The molecule has 2 aromatic carbocycles. The molecule has 0 unspecified atom stereocenters. The molecule has 27 heavy (non-hydrogen) atoms. The topological polar surface area (TPSA) is 79.1 Å². The molecule has 0 fully saturated rings. The SMILES string of the molecule is C[C@@H](CN)c1ccc(-c2c(O)cc(Cl)c3[nH]c(=O)c4sccc4c23)cc1.Cl. The van der Waals surface area contributed by atoms with E-state index in [0.717, 1.165) is 21.9 Å². The van der Waals surface area contributed by atoms with E-state index >= 15 is 0 Å². The summed E-state index contributed by atoms with van der Waals surface area (Å²) in [5.41, 5.74) is 8.77. The number of hydrogen-bond donors (Lipinski definition) is 3. The number of nitrogens with two attached hydrogens (primary N) is 1. The fraction of sp³-hybridized carbons (Fsp3) is 0.150. The van der Waals surface area contributed by atoms with Crippen molar-refractivity contribution in [1.29, 1.82) is 0 Å². The van der Waals surface area contributed by atoms with Crippen LogP contribution >= 0.6 is 35.3 Å². The van der Waals surface area contributed by atoms with E-state index < -0.39 is 0 Å². The standard InChI is InChI=1S/C20H17ClN2O2S.ClH/c1-10(9-22)11-2-4-12(5-3-11)16-15(24)8-14(21)18-17(16)13-6-7-26-19(13)20(25)23-18;/h2-8,10,24H,9,22H2,1H3,(H,23,25);1H/t10-;/m0./s1. The minimum absolute atomic E-state index is 0. The number of aromatic nitrogens is 1. The van der Waals surface area contributed by atoms with Crippen LogP contribution in [0.15, 0.2) is 46.6 Å². The molecule has 2 heterocycles. The molecule has 0 saturated carbocycles. The predicted octanol–water partition coefficient (Wildman–Crippen LogP) is 5.25. The van der Waals surface area contributed by atoms with Gasteiger partial charge in [0.1, 0.15) is 10.4 Å². The van der Waals surface area contributed by atoms with Gasteiger partial charge in [-0.2, -0.15) is 0 Å². The average molecular weight is 421 g/mol. The number of fused-ring (bicyclic) bond motifs is 3. The Labute approximate surface area is 171 Å². The number of pyridine rings is 1. The maximum absolute atomic E-state index is 12.3. The molecule has 0 saturated heterocycles. The third-order valence-corrected chi connectivity index (χ3v) is 5.97. The number of phenols is 1. The van der Waals surface area contributed by atoms with E-state index in [0.29, 0.717) is 27.3 Å². The van der Waals surface area contributed by atoms with Gasteiger partial charge in [-0.25, -0.2) is 0 Å². The van der Waals surface area contributed by atoms with Gasteiger partial charge in [-0.3, -0.25) is 4.79 Å². The molecule has 0 bridgehead atoms. The lowest BCUT2D eigenvalue weighted by Crippen LogP contribution is -2.08. The Balaban J connectivity index is 0.00000210. The zero-order valence-corrected chi connectivity index (χ0v) is 16.8. The van der Waals surface area contributed by atoms with Gasteiger partial charge in [-0.15, -0.1) is 23.7 Å². The van der Waals surface area contributed by atoms with Crippen LogP contribution in [0.2, 0.25) is 5.02 Å². The highest BCUT2D eigenvalue weighted by Gasteiger charge is 2.18. The Bertz CT molecular complexity index is 1180. The number of hydrogen-bond acceptors (Lipinski definition) is 4. The van der Waals surface area contributed by atoms with Crippen molar-refractivity contribution in [3.8, 4) is 16.9 Å². The van der Waals surface area contributed by atoms with Crippen LogP contribution in [-0.2, 0) is 0 Å². The third kappa shape index (κ3) is 3.21. The summed E-state index contributed by atoms with van der Waals surface area (Å²) in [5, 5.41) is 14.4. The smallest absolute Gasteiger partial charge is 0.266 e. The lowest BCUT2D eigenvalue weighted by molar-refractivity contribution is 0.478. The number of thiophene rings is 1. The molecule has 4 aromatic rings. The fourth-order valence-corrected chi connectivity index (χ4v) is 4.33. The number of H-pyrrole nitrogens is 1. The molecule has 2 aromatic heterocycles. The number of halogens is 2. The summed E-state index contributed by atoms with van der Waals surface area (Å²) in [7, 11) is 0. The summed E-state index contributed by atoms with van der Waals surface area (Å²) in [5.74, 6) is 0.348. The molecular weight excluding hydrogens is 403 g/mol. The zero-order chi connectivity index (χ0) is 18.4. The van der Waals surface area contributed by atoms with Gasteiger partial charge < -0.3 is 15.8 Å². The van der Waals surface area contributed by atoms with E-state index in [9.17, 15) is 9.90 Å². The molecule has 0 aliphatic heterocycles. The van der Waals surface area contributed by atoms with Crippen molar-refractivity contribution >= 4 is 56.3 Å². The van der Waals surface area contributed by atoms with Crippen LogP contribution in [0.4, 0.5) is 0 Å². The summed E-state index contributed by atoms with van der Waals surface area (Å²) >= 11 is 7.68. The minimum atomic E-state index is -0.173. The van der Waals surface area contributed by atoms with Crippen molar-refractivity contribution in [3.05, 3.63) is 62.7 Å². The van der Waals surface area contributed by atoms with Gasteiger partial charge in [0.05, 0.1) is 10.5 Å². The predicted molar refractivity (Wildman–Crippen MR) is 117 cm³/mol. The van der Waals surface area contributed by atoms with Crippen molar-refractivity contribution in [2.75, 3.05) is 6.54 Å². The average Bonchev–Trinajstić information content (AvgIpc) is 3.13. The molecule has 0 radical (unpaired) electrons. The van der Waals surface area contributed by atoms with Gasteiger partial charge in [0.2, 0.25) is 0 Å². The monoisotopic (exact) mass is 420 g/mol. The highest BCUT2D eigenvalue weighted by Crippen LogP contribution is 2.42. The van der Waals surface area contributed by atoms with Crippen molar-refractivity contribution in [3.63, 3.8) is 0 Å². The highest BCUT2D eigenvalue weighted by atomic mass is 35.5. The summed E-state index contributed by atoms with van der Waals surface area (Å²) in [6.45, 7) is 2.65. The van der Waals surface area contributed by atoms with Crippen LogP contribution in [0, 0.1) is 0 Å². The van der Waals surface area contributed by atoms with E-state index in [1.807, 2.05) is 35.7 Å². The Morgan fingerprint density at radius 2 is 1.96 bits per heavy atom. The summed E-state index contributed by atoms with van der Waals surface area (Å²) in [6, 6.07) is 11.3. The number of phenolic OH excluding ortho intramolecular Hbond substituents is 1. The van der Waals surface area contributed by atoms with Crippen LogP contribution in [0.3, 0.4) is 0 Å². The van der Waals surface area contributed by atoms with Crippen LogP contribution in [0.5, 0.6) is 5.75 Å². The van der Waals surface area contributed by atoms with E-state index in [2.05, 4.69) is 11.9 Å². The quantitative estimate of drug-likeness (QED) is 0.423. The first-order valence-electron chi connectivity index (χ1n) is 8.26. The zero-order valence-electron chi connectivity index (χ0n) is 14.5. The number of rotatable bonds is 3. The molecule has 0 aliphatic rings. The summed E-state index contributed by atoms with van der Waals surface area (Å²) in [4.78, 5) is 15.2. The van der Waals surface area contributed by atoms with Crippen molar-refractivity contribution in [1.82, 2.24) is 4.98 Å². The lowest BCUT2D eigenvalue weighted by atomic mass is 9.94. The molecule has 4 N–H and O–H groups in total. The van der Waals surface area contributed by atoms with Gasteiger partial charge >= 0.3 is 0 Å². The molecule has 0 amide bonds. The van der Waals surface area contributed by atoms with Gasteiger partial charge in [0.25, 0.3) is 5.56 Å². The van der Waals surface area contributed by atoms with Crippen LogP contribution < -0.4 is 11.3 Å². The molecule has 0 spiro atoms. The minimum Gasteiger partial charge on any atom is -0.507 e.